The normalized spacial score (nSPS) is 10.4. The smallest absolute Gasteiger partial charge is 0.261 e. The van der Waals surface area contributed by atoms with Crippen LogP contribution in [-0.2, 0) is 0 Å². The minimum absolute atomic E-state index is 0.0466. The summed E-state index contributed by atoms with van der Waals surface area (Å²) >= 11 is 7.13. The molecule has 2 rings (SSSR count). The van der Waals surface area contributed by atoms with Crippen LogP contribution in [0.5, 0.6) is 0 Å². The van der Waals surface area contributed by atoms with Crippen LogP contribution >= 0.6 is 22.9 Å². The van der Waals surface area contributed by atoms with Crippen molar-refractivity contribution in [3.63, 3.8) is 0 Å². The summed E-state index contributed by atoms with van der Waals surface area (Å²) in [6, 6.07) is 13.8. The Kier molecular flexibility index (Phi) is 6.08. The van der Waals surface area contributed by atoms with Crippen molar-refractivity contribution < 1.29 is 4.79 Å². The van der Waals surface area contributed by atoms with Crippen LogP contribution in [0.1, 0.15) is 23.0 Å². The van der Waals surface area contributed by atoms with E-state index in [4.69, 9.17) is 11.6 Å². The maximum atomic E-state index is 11.9. The standard InChI is InChI=1S/C16H19ClN2OS/c1-2-19(13-7-4-3-5-8-13)12-6-11-18-16(20)14-9-10-15(17)21-14/h3-5,7-10H,2,6,11-12H2,1H3,(H,18,20). The number of para-hydroxylation sites is 1. The highest BCUT2D eigenvalue weighted by atomic mass is 35.5. The molecule has 0 saturated carbocycles. The van der Waals surface area contributed by atoms with Crippen LogP contribution in [0, 0.1) is 0 Å². The largest absolute Gasteiger partial charge is 0.372 e. The summed E-state index contributed by atoms with van der Waals surface area (Å²) in [5.41, 5.74) is 1.22. The molecule has 1 N–H and O–H groups in total. The minimum Gasteiger partial charge on any atom is -0.372 e. The van der Waals surface area contributed by atoms with Gasteiger partial charge in [-0.2, -0.15) is 0 Å². The molecule has 0 aliphatic heterocycles. The number of nitrogens with zero attached hydrogens (tertiary/aromatic N) is 1. The summed E-state index contributed by atoms with van der Waals surface area (Å²) in [5, 5.41) is 2.93. The average Bonchev–Trinajstić information content (AvgIpc) is 2.95. The van der Waals surface area contributed by atoms with Crippen LogP contribution in [0.2, 0.25) is 4.34 Å². The molecule has 0 bridgehead atoms. The second-order valence-electron chi connectivity index (χ2n) is 4.63. The molecule has 0 spiro atoms. The fourth-order valence-corrected chi connectivity index (χ4v) is 3.06. The zero-order valence-electron chi connectivity index (χ0n) is 12.0. The topological polar surface area (TPSA) is 32.3 Å². The summed E-state index contributed by atoms with van der Waals surface area (Å²) in [5.74, 6) is -0.0466. The molecule has 0 radical (unpaired) electrons. The quantitative estimate of drug-likeness (QED) is 0.780. The number of thiophene rings is 1. The highest BCUT2D eigenvalue weighted by Gasteiger charge is 2.08. The van der Waals surface area contributed by atoms with Crippen LogP contribution in [0.15, 0.2) is 42.5 Å². The molecule has 0 atom stereocenters. The van der Waals surface area contributed by atoms with Gasteiger partial charge in [0.1, 0.15) is 0 Å². The Morgan fingerprint density at radius 2 is 2.00 bits per heavy atom. The van der Waals surface area contributed by atoms with Gasteiger partial charge in [-0.15, -0.1) is 11.3 Å². The number of hydrogen-bond donors (Lipinski definition) is 1. The first kappa shape index (κ1) is 15.9. The summed E-state index contributed by atoms with van der Waals surface area (Å²) < 4.78 is 0.640. The van der Waals surface area contributed by atoms with E-state index in [1.807, 2.05) is 18.2 Å². The van der Waals surface area contributed by atoms with E-state index >= 15 is 0 Å². The number of carbonyl (C=O) groups is 1. The zero-order valence-corrected chi connectivity index (χ0v) is 13.6. The highest BCUT2D eigenvalue weighted by Crippen LogP contribution is 2.21. The maximum Gasteiger partial charge on any atom is 0.261 e. The summed E-state index contributed by atoms with van der Waals surface area (Å²) in [7, 11) is 0. The lowest BCUT2D eigenvalue weighted by Crippen LogP contribution is -2.29. The predicted octanol–water partition coefficient (Wildman–Crippen LogP) is 4.05. The van der Waals surface area contributed by atoms with Crippen LogP contribution < -0.4 is 10.2 Å². The lowest BCUT2D eigenvalue weighted by atomic mass is 10.2. The van der Waals surface area contributed by atoms with E-state index in [0.717, 1.165) is 19.5 Å². The van der Waals surface area contributed by atoms with E-state index in [9.17, 15) is 4.79 Å². The van der Waals surface area contributed by atoms with Gasteiger partial charge in [-0.3, -0.25) is 4.79 Å². The minimum atomic E-state index is -0.0466. The van der Waals surface area contributed by atoms with Crippen molar-refractivity contribution in [2.24, 2.45) is 0 Å². The third-order valence-electron chi connectivity index (χ3n) is 3.19. The van der Waals surface area contributed by atoms with Crippen LogP contribution in [0.3, 0.4) is 0 Å². The first-order chi connectivity index (χ1) is 10.2. The van der Waals surface area contributed by atoms with Crippen molar-refractivity contribution in [2.75, 3.05) is 24.5 Å². The number of amides is 1. The number of anilines is 1. The molecule has 1 heterocycles. The number of nitrogens with one attached hydrogen (secondary N) is 1. The highest BCUT2D eigenvalue weighted by molar-refractivity contribution is 7.17. The zero-order chi connectivity index (χ0) is 15.1. The Balaban J connectivity index is 1.75. The number of carbonyl (C=O) groups excluding carboxylic acids is 1. The van der Waals surface area contributed by atoms with Gasteiger partial charge in [0.15, 0.2) is 0 Å². The molecular weight excluding hydrogens is 304 g/mol. The molecule has 0 unspecified atom stereocenters. The Morgan fingerprint density at radius 1 is 1.24 bits per heavy atom. The third kappa shape index (κ3) is 4.76. The molecule has 0 aliphatic carbocycles. The van der Waals surface area contributed by atoms with Gasteiger partial charge >= 0.3 is 0 Å². The van der Waals surface area contributed by atoms with Gasteiger partial charge in [-0.05, 0) is 37.6 Å². The first-order valence-electron chi connectivity index (χ1n) is 7.04. The van der Waals surface area contributed by atoms with Gasteiger partial charge in [0.25, 0.3) is 5.91 Å². The Bertz CT molecular complexity index is 571. The van der Waals surface area contributed by atoms with Gasteiger partial charge in [0, 0.05) is 25.3 Å². The molecule has 1 amide bonds. The van der Waals surface area contributed by atoms with Crippen molar-refractivity contribution in [3.05, 3.63) is 51.7 Å². The summed E-state index contributed by atoms with van der Waals surface area (Å²) in [6.45, 7) is 4.68. The molecule has 1 aromatic carbocycles. The number of rotatable bonds is 7. The van der Waals surface area contributed by atoms with E-state index in [-0.39, 0.29) is 5.91 Å². The number of halogens is 1. The number of benzene rings is 1. The Morgan fingerprint density at radius 3 is 2.62 bits per heavy atom. The molecule has 112 valence electrons. The lowest BCUT2D eigenvalue weighted by molar-refractivity contribution is 0.0957. The summed E-state index contributed by atoms with van der Waals surface area (Å²) in [6.07, 6.45) is 0.910. The molecule has 0 saturated heterocycles. The fourth-order valence-electron chi connectivity index (χ4n) is 2.10. The van der Waals surface area contributed by atoms with Crippen molar-refractivity contribution in [1.29, 1.82) is 0 Å². The number of hydrogen-bond acceptors (Lipinski definition) is 3. The van der Waals surface area contributed by atoms with Gasteiger partial charge in [0.2, 0.25) is 0 Å². The third-order valence-corrected chi connectivity index (χ3v) is 4.42. The molecule has 0 aliphatic rings. The molecule has 5 heteroatoms. The first-order valence-corrected chi connectivity index (χ1v) is 8.23. The average molecular weight is 323 g/mol. The molecule has 1 aromatic heterocycles. The van der Waals surface area contributed by atoms with Gasteiger partial charge < -0.3 is 10.2 Å². The van der Waals surface area contributed by atoms with Crippen molar-refractivity contribution in [3.8, 4) is 0 Å². The van der Waals surface area contributed by atoms with Crippen LogP contribution in [0.4, 0.5) is 5.69 Å². The van der Waals surface area contributed by atoms with E-state index < -0.39 is 0 Å². The van der Waals surface area contributed by atoms with Crippen LogP contribution in [0.25, 0.3) is 0 Å². The van der Waals surface area contributed by atoms with Crippen LogP contribution in [-0.4, -0.2) is 25.5 Å². The molecule has 21 heavy (non-hydrogen) atoms. The second kappa shape index (κ2) is 8.05. The fraction of sp³-hybridized carbons (Fsp3) is 0.312. The van der Waals surface area contributed by atoms with Crippen molar-refractivity contribution in [2.45, 2.75) is 13.3 Å². The predicted molar refractivity (Wildman–Crippen MR) is 90.6 cm³/mol. The Hall–Kier alpha value is -1.52. The molecule has 3 nitrogen and oxygen atoms in total. The SMILES string of the molecule is CCN(CCCNC(=O)c1ccc(Cl)s1)c1ccccc1. The molecule has 2 aromatic rings. The van der Waals surface area contributed by atoms with Gasteiger partial charge in [-0.25, -0.2) is 0 Å². The van der Waals surface area contributed by atoms with Gasteiger partial charge in [0.05, 0.1) is 9.21 Å². The van der Waals surface area contributed by atoms with E-state index in [2.05, 4.69) is 29.3 Å². The van der Waals surface area contributed by atoms with Gasteiger partial charge in [-0.1, -0.05) is 29.8 Å². The second-order valence-corrected chi connectivity index (χ2v) is 6.34. The van der Waals surface area contributed by atoms with E-state index in [1.54, 1.807) is 12.1 Å². The maximum absolute atomic E-state index is 11.9. The summed E-state index contributed by atoms with van der Waals surface area (Å²) in [4.78, 5) is 14.8. The molecular formula is C16H19ClN2OS. The Labute approximate surface area is 134 Å². The van der Waals surface area contributed by atoms with E-state index in [1.165, 1.54) is 17.0 Å². The van der Waals surface area contributed by atoms with Crippen molar-refractivity contribution >= 4 is 34.5 Å². The van der Waals surface area contributed by atoms with E-state index in [0.29, 0.717) is 15.8 Å². The monoisotopic (exact) mass is 322 g/mol. The van der Waals surface area contributed by atoms with Crippen molar-refractivity contribution in [1.82, 2.24) is 5.32 Å². The molecule has 0 fully saturated rings. The lowest BCUT2D eigenvalue weighted by Gasteiger charge is -2.23.